The van der Waals surface area contributed by atoms with Crippen molar-refractivity contribution in [1.29, 1.82) is 0 Å². The van der Waals surface area contributed by atoms with E-state index in [1.165, 1.54) is 11.2 Å². The Morgan fingerprint density at radius 3 is 2.74 bits per heavy atom. The predicted molar refractivity (Wildman–Crippen MR) is 166 cm³/mol. The molecule has 2 aliphatic heterocycles. The van der Waals surface area contributed by atoms with Crippen LogP contribution in [0.1, 0.15) is 42.5 Å². The molecule has 1 aliphatic carbocycles. The van der Waals surface area contributed by atoms with Gasteiger partial charge in [-0.2, -0.15) is 0 Å². The van der Waals surface area contributed by atoms with E-state index in [-0.39, 0.29) is 18.0 Å². The maximum absolute atomic E-state index is 13.4. The molecule has 0 bridgehead atoms. The van der Waals surface area contributed by atoms with E-state index < -0.39 is 0 Å². The third kappa shape index (κ3) is 5.15. The van der Waals surface area contributed by atoms with Crippen LogP contribution in [0.4, 0.5) is 10.5 Å². The van der Waals surface area contributed by atoms with Crippen molar-refractivity contribution < 1.29 is 19.1 Å². The average Bonchev–Trinajstić information content (AvgIpc) is 3.66. The van der Waals surface area contributed by atoms with Gasteiger partial charge in [0.2, 0.25) is 0 Å². The van der Waals surface area contributed by atoms with E-state index in [0.717, 1.165) is 79.7 Å². The third-order valence-corrected chi connectivity index (χ3v) is 8.91. The molecular weight excluding hydrogens is 546 g/mol. The van der Waals surface area contributed by atoms with Gasteiger partial charge >= 0.3 is 6.09 Å². The largest absolute Gasteiger partial charge is 0.494 e. The number of ether oxygens (including phenoxy) is 2. The molecule has 11 heteroatoms. The average molecular weight is 586 g/mol. The van der Waals surface area contributed by atoms with Crippen LogP contribution >= 0.6 is 0 Å². The summed E-state index contributed by atoms with van der Waals surface area (Å²) >= 11 is 0. The minimum atomic E-state index is -0.312. The fourth-order valence-electron chi connectivity index (χ4n) is 6.60. The Hall–Kier alpha value is -4.25. The van der Waals surface area contributed by atoms with E-state index in [1.54, 1.807) is 7.11 Å². The molecule has 226 valence electrons. The number of nitrogens with two attached hydrogens (primary N) is 1. The molecule has 11 nitrogen and oxygen atoms in total. The molecular formula is C32H39N7O4. The molecule has 2 amide bonds. The number of methoxy groups -OCH3 is 1. The van der Waals surface area contributed by atoms with E-state index in [0.29, 0.717) is 37.1 Å². The number of aromatic nitrogens is 3. The highest BCUT2D eigenvalue weighted by atomic mass is 16.5. The second kappa shape index (κ2) is 11.1. The number of nitrogens with zero attached hydrogens (tertiary/aromatic N) is 5. The lowest BCUT2D eigenvalue weighted by Crippen LogP contribution is -2.45. The highest BCUT2D eigenvalue weighted by Gasteiger charge is 2.28. The van der Waals surface area contributed by atoms with Gasteiger partial charge in [0.05, 0.1) is 36.1 Å². The number of imidazole rings is 1. The lowest BCUT2D eigenvalue weighted by atomic mass is 10.0. The summed E-state index contributed by atoms with van der Waals surface area (Å²) in [6.45, 7) is 4.12. The minimum absolute atomic E-state index is 0.0119. The molecule has 7 rings (SSSR count). The molecule has 4 heterocycles. The number of amides is 2. The predicted octanol–water partition coefficient (Wildman–Crippen LogP) is 3.87. The third-order valence-electron chi connectivity index (χ3n) is 8.91. The Morgan fingerprint density at radius 2 is 1.95 bits per heavy atom. The van der Waals surface area contributed by atoms with E-state index in [1.807, 2.05) is 24.1 Å². The topological polar surface area (TPSA) is 120 Å². The number of hydrogen-bond donors (Lipinski definition) is 2. The lowest BCUT2D eigenvalue weighted by Gasteiger charge is -2.31. The van der Waals surface area contributed by atoms with Gasteiger partial charge in [0.1, 0.15) is 11.3 Å². The highest BCUT2D eigenvalue weighted by molar-refractivity contribution is 6.01. The van der Waals surface area contributed by atoms with E-state index >= 15 is 0 Å². The number of piperidine rings is 1. The van der Waals surface area contributed by atoms with Crippen LogP contribution in [0.25, 0.3) is 33.5 Å². The smallest absolute Gasteiger partial charge is 0.407 e. The van der Waals surface area contributed by atoms with Crippen LogP contribution in [0.2, 0.25) is 0 Å². The second-order valence-corrected chi connectivity index (χ2v) is 12.0. The van der Waals surface area contributed by atoms with Gasteiger partial charge in [0.25, 0.3) is 5.91 Å². The highest BCUT2D eigenvalue weighted by Crippen LogP contribution is 2.39. The summed E-state index contributed by atoms with van der Waals surface area (Å²) in [4.78, 5) is 34.6. The fraction of sp³-hybridized carbons (Fsp3) is 0.469. The number of alkyl carbamates (subject to hydrolysis) is 1. The molecule has 1 saturated heterocycles. The van der Waals surface area contributed by atoms with Gasteiger partial charge in [-0.15, -0.1) is 0 Å². The molecule has 2 aromatic heterocycles. The summed E-state index contributed by atoms with van der Waals surface area (Å²) in [5, 5.41) is 4.02. The number of para-hydroxylation sites is 1. The van der Waals surface area contributed by atoms with Gasteiger partial charge in [0.15, 0.2) is 5.82 Å². The number of fused-ring (bicyclic) bond motifs is 1. The van der Waals surface area contributed by atoms with Gasteiger partial charge in [0, 0.05) is 62.8 Å². The number of nitrogens with one attached hydrogen (secondary N) is 1. The Balaban J connectivity index is 1.17. The maximum atomic E-state index is 13.4. The fourth-order valence-corrected chi connectivity index (χ4v) is 6.60. The molecule has 0 radical (unpaired) electrons. The quantitative estimate of drug-likeness (QED) is 0.301. The van der Waals surface area contributed by atoms with Gasteiger partial charge in [-0.05, 0) is 56.4 Å². The Bertz CT molecular complexity index is 1710. The van der Waals surface area contributed by atoms with Crippen LogP contribution in [0.15, 0.2) is 36.4 Å². The van der Waals surface area contributed by atoms with Crippen molar-refractivity contribution in [3.63, 3.8) is 0 Å². The molecule has 4 aromatic rings. The Labute approximate surface area is 250 Å². The number of hydrogen-bond acceptors (Lipinski definition) is 7. The molecule has 2 aromatic carbocycles. The number of benzene rings is 2. The van der Waals surface area contributed by atoms with Crippen LogP contribution in [-0.4, -0.2) is 83.0 Å². The number of carbonyl (C=O) groups excluding carboxylic acids is 2. The van der Waals surface area contributed by atoms with Gasteiger partial charge in [-0.1, -0.05) is 12.1 Å². The summed E-state index contributed by atoms with van der Waals surface area (Å²) in [6.07, 6.45) is 4.40. The Kier molecular flexibility index (Phi) is 7.12. The van der Waals surface area contributed by atoms with Crippen molar-refractivity contribution in [3.8, 4) is 17.3 Å². The van der Waals surface area contributed by atoms with Crippen LogP contribution in [0.5, 0.6) is 5.75 Å². The van der Waals surface area contributed by atoms with Crippen molar-refractivity contribution in [1.82, 2.24) is 24.3 Å². The molecule has 3 aliphatic rings. The van der Waals surface area contributed by atoms with E-state index in [2.05, 4.69) is 43.6 Å². The van der Waals surface area contributed by atoms with Crippen molar-refractivity contribution in [2.75, 3.05) is 44.8 Å². The van der Waals surface area contributed by atoms with Crippen LogP contribution in [0, 0.1) is 0 Å². The van der Waals surface area contributed by atoms with Crippen LogP contribution < -0.4 is 20.7 Å². The summed E-state index contributed by atoms with van der Waals surface area (Å²) in [5.41, 5.74) is 11.7. The first-order chi connectivity index (χ1) is 20.9. The van der Waals surface area contributed by atoms with Crippen molar-refractivity contribution in [2.45, 2.75) is 50.7 Å². The van der Waals surface area contributed by atoms with E-state index in [9.17, 15) is 9.59 Å². The van der Waals surface area contributed by atoms with Crippen LogP contribution in [0.3, 0.4) is 0 Å². The zero-order valence-electron chi connectivity index (χ0n) is 24.8. The SMILES string of the molecule is COc1cc(C(=O)N2CCC[C@@H](N)C2)cc2nc(-c3cc4cccc5c4n3CCN5CCCOC(=O)NC3CC3)n(C)c12. The molecule has 0 spiro atoms. The Morgan fingerprint density at radius 1 is 1.09 bits per heavy atom. The summed E-state index contributed by atoms with van der Waals surface area (Å²) in [6, 6.07) is 12.6. The molecule has 2 fully saturated rings. The molecule has 1 atom stereocenters. The summed E-state index contributed by atoms with van der Waals surface area (Å²) < 4.78 is 15.6. The number of likely N-dealkylation sites (tertiary alicyclic amines) is 1. The number of anilines is 1. The zero-order chi connectivity index (χ0) is 29.7. The van der Waals surface area contributed by atoms with Crippen molar-refractivity contribution in [3.05, 3.63) is 42.0 Å². The monoisotopic (exact) mass is 585 g/mol. The maximum Gasteiger partial charge on any atom is 0.407 e. The first kappa shape index (κ1) is 27.6. The number of rotatable bonds is 8. The molecule has 43 heavy (non-hydrogen) atoms. The normalized spacial score (nSPS) is 18.3. The van der Waals surface area contributed by atoms with Gasteiger partial charge < -0.3 is 39.5 Å². The number of carbonyl (C=O) groups is 2. The van der Waals surface area contributed by atoms with Crippen LogP contribution in [-0.2, 0) is 18.3 Å². The van der Waals surface area contributed by atoms with Crippen molar-refractivity contribution >= 4 is 39.6 Å². The first-order valence-electron chi connectivity index (χ1n) is 15.3. The second-order valence-electron chi connectivity index (χ2n) is 12.0. The lowest BCUT2D eigenvalue weighted by molar-refractivity contribution is 0.0708. The first-order valence-corrected chi connectivity index (χ1v) is 15.3. The standard InChI is InChI=1S/C32H39N7O4/c1-36-29-24(16-21(18-27(29)42-2)31(40)38-11-4-7-22(33)19-38)35-30(36)26-17-20-6-3-8-25-28(20)39(26)14-13-37(25)12-5-15-43-32(41)34-23-9-10-23/h3,6,8,16-18,22-23H,4-5,7,9-15,19,33H2,1-2H3,(H,34,41)/t22-/m1/s1. The number of aryl methyl sites for hydroxylation is 1. The van der Waals surface area contributed by atoms with Gasteiger partial charge in [-0.25, -0.2) is 9.78 Å². The zero-order valence-corrected chi connectivity index (χ0v) is 24.8. The van der Waals surface area contributed by atoms with Crippen molar-refractivity contribution in [2.24, 2.45) is 12.8 Å². The summed E-state index contributed by atoms with van der Waals surface area (Å²) in [7, 11) is 3.63. The van der Waals surface area contributed by atoms with Gasteiger partial charge in [-0.3, -0.25) is 4.79 Å². The summed E-state index contributed by atoms with van der Waals surface area (Å²) in [5.74, 6) is 1.41. The minimum Gasteiger partial charge on any atom is -0.494 e. The molecule has 1 saturated carbocycles. The molecule has 3 N–H and O–H groups in total. The van der Waals surface area contributed by atoms with E-state index in [4.69, 9.17) is 20.2 Å². The molecule has 0 unspecified atom stereocenters.